The van der Waals surface area contributed by atoms with Crippen molar-refractivity contribution in [1.29, 1.82) is 0 Å². The number of nitrogens with two attached hydrogens (primary N) is 1. The lowest BCUT2D eigenvalue weighted by Gasteiger charge is -2.08. The van der Waals surface area contributed by atoms with Crippen molar-refractivity contribution in [3.63, 3.8) is 0 Å². The van der Waals surface area contributed by atoms with Gasteiger partial charge in [0.15, 0.2) is 6.61 Å². The molecule has 2 N–H and O–H groups in total. The molecule has 19 heavy (non-hydrogen) atoms. The summed E-state index contributed by atoms with van der Waals surface area (Å²) in [7, 11) is 0. The highest BCUT2D eigenvalue weighted by Crippen LogP contribution is 2.19. The number of carbonyl (C=O) groups is 1. The van der Waals surface area contributed by atoms with Crippen LogP contribution >= 0.6 is 0 Å². The van der Waals surface area contributed by atoms with Gasteiger partial charge in [-0.1, -0.05) is 25.5 Å². The zero-order valence-corrected chi connectivity index (χ0v) is 11.3. The van der Waals surface area contributed by atoms with Crippen LogP contribution in [0.3, 0.4) is 0 Å². The average Bonchev–Trinajstić information content (AvgIpc) is 2.42. The molecule has 0 amide bonds. The maximum absolute atomic E-state index is 11.4. The van der Waals surface area contributed by atoms with Crippen LogP contribution in [0, 0.1) is 0 Å². The standard InChI is InChI=1S/C14H21NO4/c1-2-3-8-17-9-10-18-14(16)11-19-13-7-5-4-6-12(13)15/h4-7H,2-3,8-11,15H2,1H3. The Labute approximate surface area is 113 Å². The van der Waals surface area contributed by atoms with E-state index in [1.165, 1.54) is 0 Å². The van der Waals surface area contributed by atoms with Crippen LogP contribution in [0.2, 0.25) is 0 Å². The number of esters is 1. The summed E-state index contributed by atoms with van der Waals surface area (Å²) in [5.74, 6) is 0.0565. The Morgan fingerprint density at radius 1 is 1.21 bits per heavy atom. The van der Waals surface area contributed by atoms with E-state index >= 15 is 0 Å². The molecule has 0 atom stereocenters. The summed E-state index contributed by atoms with van der Waals surface area (Å²) >= 11 is 0. The van der Waals surface area contributed by atoms with Crippen molar-refractivity contribution in [2.24, 2.45) is 0 Å². The van der Waals surface area contributed by atoms with E-state index in [0.717, 1.165) is 12.8 Å². The van der Waals surface area contributed by atoms with Gasteiger partial charge in [-0.25, -0.2) is 4.79 Å². The summed E-state index contributed by atoms with van der Waals surface area (Å²) in [6.45, 7) is 3.31. The van der Waals surface area contributed by atoms with Crippen LogP contribution < -0.4 is 10.5 Å². The molecular weight excluding hydrogens is 246 g/mol. The average molecular weight is 267 g/mol. The molecule has 1 rings (SSSR count). The second-order valence-corrected chi connectivity index (χ2v) is 4.01. The summed E-state index contributed by atoms with van der Waals surface area (Å²) in [5, 5.41) is 0. The van der Waals surface area contributed by atoms with E-state index in [4.69, 9.17) is 19.9 Å². The topological polar surface area (TPSA) is 70.8 Å². The van der Waals surface area contributed by atoms with Crippen LogP contribution in [0.4, 0.5) is 5.69 Å². The van der Waals surface area contributed by atoms with Crippen molar-refractivity contribution >= 4 is 11.7 Å². The van der Waals surface area contributed by atoms with Gasteiger partial charge >= 0.3 is 5.97 Å². The van der Waals surface area contributed by atoms with Crippen LogP contribution in [0.1, 0.15) is 19.8 Å². The Morgan fingerprint density at radius 3 is 2.74 bits per heavy atom. The fourth-order valence-corrected chi connectivity index (χ4v) is 1.35. The van der Waals surface area contributed by atoms with Gasteiger partial charge in [-0.05, 0) is 18.6 Å². The molecule has 0 aliphatic carbocycles. The highest BCUT2D eigenvalue weighted by Gasteiger charge is 2.05. The Morgan fingerprint density at radius 2 is 2.00 bits per heavy atom. The largest absolute Gasteiger partial charge is 0.480 e. The van der Waals surface area contributed by atoms with E-state index in [-0.39, 0.29) is 13.2 Å². The fraction of sp³-hybridized carbons (Fsp3) is 0.500. The summed E-state index contributed by atoms with van der Waals surface area (Å²) in [4.78, 5) is 11.4. The highest BCUT2D eigenvalue weighted by atomic mass is 16.6. The lowest BCUT2D eigenvalue weighted by molar-refractivity contribution is -0.147. The van der Waals surface area contributed by atoms with Crippen LogP contribution in [-0.4, -0.2) is 32.4 Å². The Balaban J connectivity index is 2.10. The minimum Gasteiger partial charge on any atom is -0.480 e. The molecule has 1 aromatic carbocycles. The number of nitrogen functional groups attached to an aromatic ring is 1. The van der Waals surface area contributed by atoms with Crippen LogP contribution in [0.15, 0.2) is 24.3 Å². The molecule has 0 heterocycles. The monoisotopic (exact) mass is 267 g/mol. The molecule has 0 fully saturated rings. The molecule has 0 radical (unpaired) electrons. The Hall–Kier alpha value is -1.75. The minimum atomic E-state index is -0.428. The smallest absolute Gasteiger partial charge is 0.344 e. The van der Waals surface area contributed by atoms with E-state index in [1.807, 2.05) is 0 Å². The van der Waals surface area contributed by atoms with Crippen molar-refractivity contribution in [2.45, 2.75) is 19.8 Å². The summed E-state index contributed by atoms with van der Waals surface area (Å²) in [6, 6.07) is 7.01. The maximum Gasteiger partial charge on any atom is 0.344 e. The summed E-state index contributed by atoms with van der Waals surface area (Å²) in [5.41, 5.74) is 6.18. The van der Waals surface area contributed by atoms with Crippen molar-refractivity contribution in [2.75, 3.05) is 32.2 Å². The van der Waals surface area contributed by atoms with Crippen LogP contribution in [0.25, 0.3) is 0 Å². The van der Waals surface area contributed by atoms with Gasteiger partial charge in [0.1, 0.15) is 12.4 Å². The number of benzene rings is 1. The number of rotatable bonds is 9. The third kappa shape index (κ3) is 6.67. The van der Waals surface area contributed by atoms with E-state index in [0.29, 0.717) is 24.7 Å². The molecule has 1 aromatic rings. The first-order chi connectivity index (χ1) is 9.24. The molecule has 106 valence electrons. The second kappa shape index (κ2) is 9.22. The van der Waals surface area contributed by atoms with E-state index in [9.17, 15) is 4.79 Å². The van der Waals surface area contributed by atoms with Gasteiger partial charge in [-0.3, -0.25) is 0 Å². The summed E-state index contributed by atoms with van der Waals surface area (Å²) < 4.78 is 15.5. The lowest BCUT2D eigenvalue weighted by Crippen LogP contribution is -2.18. The number of hydrogen-bond acceptors (Lipinski definition) is 5. The van der Waals surface area contributed by atoms with Crippen molar-refractivity contribution in [3.8, 4) is 5.75 Å². The quantitative estimate of drug-likeness (QED) is 0.421. The molecule has 0 bridgehead atoms. The second-order valence-electron chi connectivity index (χ2n) is 4.01. The Bertz CT molecular complexity index is 381. The number of hydrogen-bond donors (Lipinski definition) is 1. The first-order valence-electron chi connectivity index (χ1n) is 6.44. The molecular formula is C14H21NO4. The molecule has 5 nitrogen and oxygen atoms in total. The third-order valence-corrected chi connectivity index (χ3v) is 2.40. The summed E-state index contributed by atoms with van der Waals surface area (Å²) in [6.07, 6.45) is 2.11. The van der Waals surface area contributed by atoms with E-state index < -0.39 is 5.97 Å². The van der Waals surface area contributed by atoms with Gasteiger partial charge in [0.25, 0.3) is 0 Å². The first kappa shape index (κ1) is 15.3. The van der Waals surface area contributed by atoms with Gasteiger partial charge < -0.3 is 19.9 Å². The SMILES string of the molecule is CCCCOCCOC(=O)COc1ccccc1N. The molecule has 0 aliphatic heterocycles. The lowest BCUT2D eigenvalue weighted by atomic mass is 10.3. The molecule has 0 saturated heterocycles. The van der Waals surface area contributed by atoms with Crippen LogP contribution in [0.5, 0.6) is 5.75 Å². The molecule has 0 unspecified atom stereocenters. The van der Waals surface area contributed by atoms with Crippen molar-refractivity contribution in [1.82, 2.24) is 0 Å². The molecule has 0 aliphatic rings. The predicted molar refractivity (Wildman–Crippen MR) is 73.0 cm³/mol. The zero-order chi connectivity index (χ0) is 13.9. The van der Waals surface area contributed by atoms with E-state index in [2.05, 4.69) is 6.92 Å². The van der Waals surface area contributed by atoms with Crippen LogP contribution in [-0.2, 0) is 14.3 Å². The number of anilines is 1. The molecule has 0 saturated carbocycles. The minimum absolute atomic E-state index is 0.150. The van der Waals surface area contributed by atoms with Gasteiger partial charge in [-0.15, -0.1) is 0 Å². The van der Waals surface area contributed by atoms with E-state index in [1.54, 1.807) is 24.3 Å². The normalized spacial score (nSPS) is 10.2. The van der Waals surface area contributed by atoms with Gasteiger partial charge in [0.05, 0.1) is 12.3 Å². The third-order valence-electron chi connectivity index (χ3n) is 2.40. The first-order valence-corrected chi connectivity index (χ1v) is 6.44. The molecule has 0 aromatic heterocycles. The number of carbonyl (C=O) groups excluding carboxylic acids is 1. The zero-order valence-electron chi connectivity index (χ0n) is 11.3. The highest BCUT2D eigenvalue weighted by molar-refractivity contribution is 5.71. The van der Waals surface area contributed by atoms with Gasteiger partial charge in [0.2, 0.25) is 0 Å². The van der Waals surface area contributed by atoms with Gasteiger partial charge in [0, 0.05) is 6.61 Å². The number of ether oxygens (including phenoxy) is 3. The maximum atomic E-state index is 11.4. The number of unbranched alkanes of at least 4 members (excludes halogenated alkanes) is 1. The molecule has 0 spiro atoms. The van der Waals surface area contributed by atoms with Crippen molar-refractivity contribution < 1.29 is 19.0 Å². The fourth-order valence-electron chi connectivity index (χ4n) is 1.35. The van der Waals surface area contributed by atoms with Crippen molar-refractivity contribution in [3.05, 3.63) is 24.3 Å². The number of para-hydroxylation sites is 2. The van der Waals surface area contributed by atoms with Gasteiger partial charge in [-0.2, -0.15) is 0 Å². The Kier molecular flexibility index (Phi) is 7.43. The molecule has 5 heteroatoms. The predicted octanol–water partition coefficient (Wildman–Crippen LogP) is 2.01.